The third-order valence-electron chi connectivity index (χ3n) is 4.45. The van der Waals surface area contributed by atoms with Gasteiger partial charge in [0.05, 0.1) is 34.4 Å². The summed E-state index contributed by atoms with van der Waals surface area (Å²) in [5.41, 5.74) is -3.15. The Bertz CT molecular complexity index is 1050. The van der Waals surface area contributed by atoms with Crippen LogP contribution in [-0.2, 0) is 12.4 Å². The molecular formula is C21H16F6N2O2. The molecule has 164 valence electrons. The summed E-state index contributed by atoms with van der Waals surface area (Å²) in [5.74, 6) is -0.313. The first kappa shape index (κ1) is 23.9. The van der Waals surface area contributed by atoms with Gasteiger partial charge in [0.2, 0.25) is 0 Å². The second-order valence-corrected chi connectivity index (χ2v) is 6.74. The molecule has 0 unspecified atom stereocenters. The summed E-state index contributed by atoms with van der Waals surface area (Å²) >= 11 is 0. The van der Waals surface area contributed by atoms with Crippen LogP contribution in [0.15, 0.2) is 30.3 Å². The van der Waals surface area contributed by atoms with Gasteiger partial charge in [-0.2, -0.15) is 36.9 Å². The van der Waals surface area contributed by atoms with E-state index in [-0.39, 0.29) is 17.1 Å². The van der Waals surface area contributed by atoms with Gasteiger partial charge in [0, 0.05) is 0 Å². The first-order chi connectivity index (χ1) is 14.3. The van der Waals surface area contributed by atoms with Gasteiger partial charge in [-0.3, -0.25) is 0 Å². The van der Waals surface area contributed by atoms with Crippen LogP contribution < -0.4 is 9.47 Å². The maximum absolute atomic E-state index is 13.2. The molecule has 0 amide bonds. The fraction of sp³-hybridized carbons (Fsp3) is 0.333. The lowest BCUT2D eigenvalue weighted by Crippen LogP contribution is -2.31. The van der Waals surface area contributed by atoms with Crippen molar-refractivity contribution in [2.24, 2.45) is 0 Å². The number of aryl methyl sites for hydroxylation is 1. The molecule has 31 heavy (non-hydrogen) atoms. The van der Waals surface area contributed by atoms with Gasteiger partial charge >= 0.3 is 12.4 Å². The van der Waals surface area contributed by atoms with Crippen LogP contribution >= 0.6 is 0 Å². The Labute approximate surface area is 174 Å². The first-order valence-corrected chi connectivity index (χ1v) is 8.84. The summed E-state index contributed by atoms with van der Waals surface area (Å²) in [5, 5.41) is 17.8. The maximum atomic E-state index is 13.2. The highest BCUT2D eigenvalue weighted by atomic mass is 19.4. The third kappa shape index (κ3) is 5.60. The zero-order valence-corrected chi connectivity index (χ0v) is 16.5. The summed E-state index contributed by atoms with van der Waals surface area (Å²) in [6, 6.07) is 7.54. The van der Waals surface area contributed by atoms with E-state index in [9.17, 15) is 26.3 Å². The van der Waals surface area contributed by atoms with Gasteiger partial charge in [-0.05, 0) is 56.7 Å². The molecule has 0 fully saturated rings. The number of ether oxygens (including phenoxy) is 2. The molecule has 10 heteroatoms. The normalized spacial score (nSPS) is 13.6. The number of hydrogen-bond donors (Lipinski definition) is 0. The van der Waals surface area contributed by atoms with Crippen LogP contribution in [0.25, 0.3) is 0 Å². The lowest BCUT2D eigenvalue weighted by Gasteiger charge is -2.25. The number of nitrogens with zero attached hydrogens (tertiary/aromatic N) is 2. The van der Waals surface area contributed by atoms with E-state index in [1.807, 2.05) is 0 Å². The van der Waals surface area contributed by atoms with Gasteiger partial charge in [-0.25, -0.2) is 0 Å². The van der Waals surface area contributed by atoms with E-state index in [1.54, 1.807) is 0 Å². The minimum Gasteiger partial charge on any atom is -0.487 e. The summed E-state index contributed by atoms with van der Waals surface area (Å²) in [6.07, 6.45) is -11.3. The van der Waals surface area contributed by atoms with E-state index < -0.39 is 46.8 Å². The fourth-order valence-corrected chi connectivity index (χ4v) is 2.68. The van der Waals surface area contributed by atoms with E-state index in [0.29, 0.717) is 12.1 Å². The summed E-state index contributed by atoms with van der Waals surface area (Å²) < 4.78 is 89.8. The highest BCUT2D eigenvalue weighted by Gasteiger charge is 2.36. The predicted octanol–water partition coefficient (Wildman–Crippen LogP) is 6.01. The van der Waals surface area contributed by atoms with E-state index in [2.05, 4.69) is 0 Å². The van der Waals surface area contributed by atoms with Crippen LogP contribution in [0.1, 0.15) is 41.7 Å². The Morgan fingerprint density at radius 2 is 1.29 bits per heavy atom. The van der Waals surface area contributed by atoms with Gasteiger partial charge in [0.25, 0.3) is 0 Å². The Kier molecular flexibility index (Phi) is 6.75. The monoisotopic (exact) mass is 442 g/mol. The highest BCUT2D eigenvalue weighted by Crippen LogP contribution is 2.37. The molecule has 0 saturated heterocycles. The van der Waals surface area contributed by atoms with Crippen LogP contribution in [0.2, 0.25) is 0 Å². The molecule has 0 aliphatic carbocycles. The minimum absolute atomic E-state index is 0.134. The highest BCUT2D eigenvalue weighted by molar-refractivity contribution is 5.49. The first-order valence-electron chi connectivity index (χ1n) is 8.84. The molecule has 2 aromatic carbocycles. The molecule has 2 atom stereocenters. The largest absolute Gasteiger partial charge is 0.487 e. The van der Waals surface area contributed by atoms with Crippen molar-refractivity contribution in [1.82, 2.24) is 0 Å². The molecule has 0 aliphatic heterocycles. The minimum atomic E-state index is -4.77. The number of alkyl halides is 6. The van der Waals surface area contributed by atoms with Crippen molar-refractivity contribution in [2.75, 3.05) is 0 Å². The van der Waals surface area contributed by atoms with Crippen LogP contribution in [0.3, 0.4) is 0 Å². The third-order valence-corrected chi connectivity index (χ3v) is 4.45. The molecule has 0 aromatic heterocycles. The number of rotatable bonds is 5. The molecule has 0 aliphatic rings. The topological polar surface area (TPSA) is 66.0 Å². The fourth-order valence-electron chi connectivity index (χ4n) is 2.68. The van der Waals surface area contributed by atoms with Crippen molar-refractivity contribution in [3.05, 3.63) is 58.1 Å². The molecule has 0 bridgehead atoms. The van der Waals surface area contributed by atoms with Crippen LogP contribution in [0.5, 0.6) is 11.5 Å². The van der Waals surface area contributed by atoms with Gasteiger partial charge in [-0.1, -0.05) is 0 Å². The van der Waals surface area contributed by atoms with Crippen molar-refractivity contribution in [1.29, 1.82) is 10.5 Å². The van der Waals surface area contributed by atoms with Gasteiger partial charge in [-0.15, -0.1) is 0 Å². The van der Waals surface area contributed by atoms with Crippen molar-refractivity contribution >= 4 is 0 Å². The Hall–Kier alpha value is -3.40. The second-order valence-electron chi connectivity index (χ2n) is 6.74. The number of hydrogen-bond acceptors (Lipinski definition) is 4. The van der Waals surface area contributed by atoms with Gasteiger partial charge < -0.3 is 9.47 Å². The second kappa shape index (κ2) is 8.76. The molecule has 0 saturated carbocycles. The van der Waals surface area contributed by atoms with Crippen molar-refractivity contribution < 1.29 is 35.8 Å². The number of nitriles is 2. The summed E-state index contributed by atoms with van der Waals surface area (Å²) in [7, 11) is 0. The Balaban J connectivity index is 2.25. The molecule has 0 radical (unpaired) electrons. The average Bonchev–Trinajstić information content (AvgIpc) is 2.67. The van der Waals surface area contributed by atoms with Crippen LogP contribution in [0, 0.1) is 29.6 Å². The van der Waals surface area contributed by atoms with Crippen LogP contribution in [0.4, 0.5) is 26.3 Å². The molecular weight excluding hydrogens is 426 g/mol. The SMILES string of the molecule is Cc1cc(C#N)c(C(F)(F)F)cc1O[C@H](C)[C@@H](C)Oc1ccc(C#N)c(C(F)(F)F)c1. The zero-order valence-electron chi connectivity index (χ0n) is 16.5. The zero-order chi connectivity index (χ0) is 23.6. The van der Waals surface area contributed by atoms with Crippen molar-refractivity contribution in [3.63, 3.8) is 0 Å². The lowest BCUT2D eigenvalue weighted by molar-refractivity contribution is -0.138. The summed E-state index contributed by atoms with van der Waals surface area (Å²) in [4.78, 5) is 0. The molecule has 0 spiro atoms. The number of benzene rings is 2. The van der Waals surface area contributed by atoms with E-state index in [4.69, 9.17) is 20.0 Å². The quantitative estimate of drug-likeness (QED) is 0.532. The van der Waals surface area contributed by atoms with Crippen molar-refractivity contribution in [3.8, 4) is 23.6 Å². The van der Waals surface area contributed by atoms with E-state index in [0.717, 1.165) is 12.1 Å². The Morgan fingerprint density at radius 1 is 0.774 bits per heavy atom. The molecule has 2 rings (SSSR count). The average molecular weight is 442 g/mol. The lowest BCUT2D eigenvalue weighted by atomic mass is 10.0. The molecule has 4 nitrogen and oxygen atoms in total. The Morgan fingerprint density at radius 3 is 1.81 bits per heavy atom. The van der Waals surface area contributed by atoms with Gasteiger partial charge in [0.15, 0.2) is 0 Å². The number of halogens is 6. The van der Waals surface area contributed by atoms with E-state index in [1.165, 1.54) is 39.0 Å². The van der Waals surface area contributed by atoms with Crippen molar-refractivity contribution in [2.45, 2.75) is 45.3 Å². The maximum Gasteiger partial charge on any atom is 0.417 e. The van der Waals surface area contributed by atoms with Crippen LogP contribution in [-0.4, -0.2) is 12.2 Å². The molecule has 2 aromatic rings. The van der Waals surface area contributed by atoms with E-state index >= 15 is 0 Å². The smallest absolute Gasteiger partial charge is 0.417 e. The predicted molar refractivity (Wildman–Crippen MR) is 97.2 cm³/mol. The summed E-state index contributed by atoms with van der Waals surface area (Å²) in [6.45, 7) is 4.41. The molecule has 0 N–H and O–H groups in total. The van der Waals surface area contributed by atoms with Gasteiger partial charge in [0.1, 0.15) is 23.7 Å². The standard InChI is InChI=1S/C21H16F6N2O2/c1-11-6-15(10-29)18(21(25,26)27)8-19(11)31-13(3)12(2)30-16-5-4-14(9-28)17(7-16)20(22,23)24/h4-8,12-13H,1-3H3/t12-,13-/m1/s1. The molecule has 0 heterocycles.